The van der Waals surface area contributed by atoms with Crippen LogP contribution in [-0.4, -0.2) is 52.8 Å². The van der Waals surface area contributed by atoms with Gasteiger partial charge < -0.3 is 14.8 Å². The molecule has 0 saturated carbocycles. The molecule has 1 aromatic heterocycles. The van der Waals surface area contributed by atoms with Crippen LogP contribution in [0.5, 0.6) is 0 Å². The molecule has 1 aliphatic rings. The molecule has 0 radical (unpaired) electrons. The summed E-state index contributed by atoms with van der Waals surface area (Å²) in [6, 6.07) is 5.65. The minimum absolute atomic E-state index is 0.189. The fourth-order valence-electron chi connectivity index (χ4n) is 2.76. The Morgan fingerprint density at radius 3 is 1.96 bits per heavy atom. The van der Waals surface area contributed by atoms with Crippen LogP contribution in [0.1, 0.15) is 26.4 Å². The van der Waals surface area contributed by atoms with Gasteiger partial charge in [-0.2, -0.15) is 13.2 Å². The molecule has 0 unspecified atom stereocenters. The molecule has 3 rings (SSSR count). The van der Waals surface area contributed by atoms with E-state index in [-0.39, 0.29) is 17.4 Å². The molecule has 1 saturated heterocycles. The van der Waals surface area contributed by atoms with Crippen molar-refractivity contribution in [2.75, 3.05) is 26.2 Å². The lowest BCUT2D eigenvalue weighted by atomic mass is 10.1. The lowest BCUT2D eigenvalue weighted by Gasteiger charge is -2.34. The summed E-state index contributed by atoms with van der Waals surface area (Å²) in [5.41, 5.74) is -0.236. The molecule has 2 heterocycles. The maximum Gasteiger partial charge on any atom is 0.416 e. The molecule has 0 bridgehead atoms. The Labute approximate surface area is 152 Å². The smallest absolute Gasteiger partial charge is 0.356 e. The molecule has 1 fully saturated rings. The van der Waals surface area contributed by atoms with Gasteiger partial charge in [-0.05, 0) is 30.3 Å². The standard InChI is InChI=1S/C17H15ClF3N3O2/c18-13-9-14(22-10-13)16(26)24-7-5-23(6-8-24)15(25)11-1-3-12(4-2-11)17(19,20)21/h1-4,9-10,22H,5-8H2. The van der Waals surface area contributed by atoms with Crippen molar-refractivity contribution in [1.29, 1.82) is 0 Å². The third kappa shape index (κ3) is 3.85. The zero-order chi connectivity index (χ0) is 18.9. The van der Waals surface area contributed by atoms with Crippen molar-refractivity contribution in [3.05, 3.63) is 58.4 Å². The predicted molar refractivity (Wildman–Crippen MR) is 89.1 cm³/mol. The highest BCUT2D eigenvalue weighted by molar-refractivity contribution is 6.30. The van der Waals surface area contributed by atoms with E-state index in [9.17, 15) is 22.8 Å². The quantitative estimate of drug-likeness (QED) is 0.862. The number of carbonyl (C=O) groups excluding carboxylic acids is 2. The van der Waals surface area contributed by atoms with Gasteiger partial charge in [0.05, 0.1) is 10.6 Å². The lowest BCUT2D eigenvalue weighted by Crippen LogP contribution is -2.50. The first kappa shape index (κ1) is 18.3. The van der Waals surface area contributed by atoms with Crippen LogP contribution in [0.3, 0.4) is 0 Å². The number of hydrogen-bond donors (Lipinski definition) is 1. The number of rotatable bonds is 2. The monoisotopic (exact) mass is 385 g/mol. The Morgan fingerprint density at radius 2 is 1.50 bits per heavy atom. The van der Waals surface area contributed by atoms with Gasteiger partial charge in [-0.3, -0.25) is 9.59 Å². The van der Waals surface area contributed by atoms with E-state index >= 15 is 0 Å². The van der Waals surface area contributed by atoms with Crippen LogP contribution in [0.4, 0.5) is 13.2 Å². The minimum Gasteiger partial charge on any atom is -0.356 e. The van der Waals surface area contributed by atoms with Gasteiger partial charge >= 0.3 is 6.18 Å². The lowest BCUT2D eigenvalue weighted by molar-refractivity contribution is -0.137. The summed E-state index contributed by atoms with van der Waals surface area (Å²) in [6.07, 6.45) is -2.92. The average molecular weight is 386 g/mol. The molecule has 1 aromatic carbocycles. The molecular weight excluding hydrogens is 371 g/mol. The molecule has 138 valence electrons. The van der Waals surface area contributed by atoms with Gasteiger partial charge in [-0.1, -0.05) is 11.6 Å². The number of benzene rings is 1. The predicted octanol–water partition coefficient (Wildman–Crippen LogP) is 3.29. The molecule has 2 aromatic rings. The summed E-state index contributed by atoms with van der Waals surface area (Å²) in [4.78, 5) is 30.6. The number of alkyl halides is 3. The molecule has 0 atom stereocenters. The topological polar surface area (TPSA) is 56.4 Å². The van der Waals surface area contributed by atoms with Crippen molar-refractivity contribution < 1.29 is 22.8 Å². The van der Waals surface area contributed by atoms with E-state index < -0.39 is 11.7 Å². The zero-order valence-electron chi connectivity index (χ0n) is 13.5. The Balaban J connectivity index is 1.61. The van der Waals surface area contributed by atoms with Gasteiger partial charge in [0.15, 0.2) is 0 Å². The van der Waals surface area contributed by atoms with Crippen molar-refractivity contribution in [2.24, 2.45) is 0 Å². The van der Waals surface area contributed by atoms with E-state index in [0.717, 1.165) is 12.1 Å². The van der Waals surface area contributed by atoms with E-state index in [2.05, 4.69) is 4.98 Å². The molecular formula is C17H15ClF3N3O2. The van der Waals surface area contributed by atoms with Crippen LogP contribution in [0.25, 0.3) is 0 Å². The van der Waals surface area contributed by atoms with E-state index in [1.165, 1.54) is 29.3 Å². The number of amides is 2. The summed E-state index contributed by atoms with van der Waals surface area (Å²) in [6.45, 7) is 1.28. The third-order valence-corrected chi connectivity index (χ3v) is 4.41. The fraction of sp³-hybridized carbons (Fsp3) is 0.294. The van der Waals surface area contributed by atoms with Crippen LogP contribution in [0, 0.1) is 0 Å². The van der Waals surface area contributed by atoms with Crippen molar-refractivity contribution in [3.8, 4) is 0 Å². The number of aromatic amines is 1. The fourth-order valence-corrected chi connectivity index (χ4v) is 2.92. The number of halogens is 4. The number of hydrogen-bond acceptors (Lipinski definition) is 2. The summed E-state index contributed by atoms with van der Waals surface area (Å²) < 4.78 is 37.8. The second-order valence-electron chi connectivity index (χ2n) is 5.89. The SMILES string of the molecule is O=C(c1ccc(C(F)(F)F)cc1)N1CCN(C(=O)c2cc(Cl)c[nH]2)CC1. The zero-order valence-corrected chi connectivity index (χ0v) is 14.3. The van der Waals surface area contributed by atoms with Crippen LogP contribution >= 0.6 is 11.6 Å². The first-order valence-corrected chi connectivity index (χ1v) is 8.23. The van der Waals surface area contributed by atoms with Gasteiger partial charge in [0.1, 0.15) is 5.69 Å². The maximum atomic E-state index is 12.6. The first-order chi connectivity index (χ1) is 12.3. The van der Waals surface area contributed by atoms with Crippen LogP contribution in [0.15, 0.2) is 36.5 Å². The molecule has 5 nitrogen and oxygen atoms in total. The molecule has 2 amide bonds. The van der Waals surface area contributed by atoms with Crippen LogP contribution < -0.4 is 0 Å². The van der Waals surface area contributed by atoms with Gasteiger partial charge in [0.25, 0.3) is 11.8 Å². The highest BCUT2D eigenvalue weighted by atomic mass is 35.5. The van der Waals surface area contributed by atoms with Crippen molar-refractivity contribution in [1.82, 2.24) is 14.8 Å². The highest BCUT2D eigenvalue weighted by Gasteiger charge is 2.31. The minimum atomic E-state index is -4.44. The van der Waals surface area contributed by atoms with Gasteiger partial charge in [0.2, 0.25) is 0 Å². The van der Waals surface area contributed by atoms with Gasteiger partial charge in [-0.25, -0.2) is 0 Å². The number of H-pyrrole nitrogens is 1. The number of piperazine rings is 1. The highest BCUT2D eigenvalue weighted by Crippen LogP contribution is 2.29. The van der Waals surface area contributed by atoms with Gasteiger partial charge in [0, 0.05) is 37.9 Å². The van der Waals surface area contributed by atoms with E-state index in [1.54, 1.807) is 4.90 Å². The maximum absolute atomic E-state index is 12.6. The number of carbonyl (C=O) groups is 2. The largest absolute Gasteiger partial charge is 0.416 e. The molecule has 0 aliphatic carbocycles. The molecule has 1 N–H and O–H groups in total. The molecule has 9 heteroatoms. The van der Waals surface area contributed by atoms with Crippen molar-refractivity contribution >= 4 is 23.4 Å². The van der Waals surface area contributed by atoms with E-state index in [4.69, 9.17) is 11.6 Å². The Bertz CT molecular complexity index is 809. The van der Waals surface area contributed by atoms with Crippen LogP contribution in [-0.2, 0) is 6.18 Å². The Morgan fingerprint density at radius 1 is 0.962 bits per heavy atom. The van der Waals surface area contributed by atoms with E-state index in [0.29, 0.717) is 36.9 Å². The Hall–Kier alpha value is -2.48. The summed E-state index contributed by atoms with van der Waals surface area (Å²) in [7, 11) is 0. The summed E-state index contributed by atoms with van der Waals surface area (Å²) in [5.74, 6) is -0.563. The average Bonchev–Trinajstić information content (AvgIpc) is 3.06. The second-order valence-corrected chi connectivity index (χ2v) is 6.33. The first-order valence-electron chi connectivity index (χ1n) is 7.85. The summed E-state index contributed by atoms with van der Waals surface area (Å²) in [5, 5.41) is 0.435. The number of nitrogens with one attached hydrogen (secondary N) is 1. The van der Waals surface area contributed by atoms with Gasteiger partial charge in [-0.15, -0.1) is 0 Å². The van der Waals surface area contributed by atoms with E-state index in [1.807, 2.05) is 0 Å². The third-order valence-electron chi connectivity index (χ3n) is 4.19. The van der Waals surface area contributed by atoms with Crippen LogP contribution in [0.2, 0.25) is 5.02 Å². The number of nitrogens with zero attached hydrogens (tertiary/aromatic N) is 2. The molecule has 0 spiro atoms. The number of aromatic nitrogens is 1. The normalized spacial score (nSPS) is 15.2. The Kier molecular flexibility index (Phi) is 4.95. The second kappa shape index (κ2) is 7.03. The molecule has 1 aliphatic heterocycles. The van der Waals surface area contributed by atoms with Crippen molar-refractivity contribution in [2.45, 2.75) is 6.18 Å². The van der Waals surface area contributed by atoms with Crippen molar-refractivity contribution in [3.63, 3.8) is 0 Å². The summed E-state index contributed by atoms with van der Waals surface area (Å²) >= 11 is 5.79. The molecule has 26 heavy (non-hydrogen) atoms.